The number of aromatic nitrogens is 2. The van der Waals surface area contributed by atoms with Crippen LogP contribution in [-0.2, 0) is 16.0 Å². The Bertz CT molecular complexity index is 2470. The van der Waals surface area contributed by atoms with E-state index in [0.29, 0.717) is 48.7 Å². The van der Waals surface area contributed by atoms with E-state index in [1.807, 2.05) is 97.5 Å². The van der Waals surface area contributed by atoms with Crippen LogP contribution in [-0.4, -0.2) is 61.5 Å². The van der Waals surface area contributed by atoms with Crippen molar-refractivity contribution in [1.29, 1.82) is 0 Å². The van der Waals surface area contributed by atoms with Crippen LogP contribution in [0.4, 0.5) is 0 Å². The lowest BCUT2D eigenvalue weighted by atomic mass is 10.1. The average molecular weight is 819 g/mol. The molecule has 2 aromatic heterocycles. The summed E-state index contributed by atoms with van der Waals surface area (Å²) in [6.07, 6.45) is 0.163. The van der Waals surface area contributed by atoms with Gasteiger partial charge in [0.25, 0.3) is 0 Å². The predicted molar refractivity (Wildman–Crippen MR) is 228 cm³/mol. The number of hydrogen-bond acceptors (Lipinski definition) is 8. The lowest BCUT2D eigenvalue weighted by molar-refractivity contribution is -0.131. The molecule has 6 aromatic rings. The van der Waals surface area contributed by atoms with Crippen molar-refractivity contribution in [2.75, 3.05) is 20.3 Å². The molecule has 3 N–H and O–H groups in total. The van der Waals surface area contributed by atoms with Gasteiger partial charge in [-0.15, -0.1) is 0 Å². The monoisotopic (exact) mass is 817 g/mol. The lowest BCUT2D eigenvalue weighted by Gasteiger charge is -2.12. The zero-order valence-electron chi connectivity index (χ0n) is 31.5. The van der Waals surface area contributed by atoms with Gasteiger partial charge < -0.3 is 34.1 Å². The van der Waals surface area contributed by atoms with E-state index >= 15 is 0 Å². The molecule has 55 heavy (non-hydrogen) atoms. The number of rotatable bonds is 8. The van der Waals surface area contributed by atoms with Gasteiger partial charge in [-0.1, -0.05) is 107 Å². The Labute approximate surface area is 340 Å². The Balaban J connectivity index is 0.000000212. The van der Waals surface area contributed by atoms with E-state index < -0.39 is 5.97 Å². The van der Waals surface area contributed by atoms with Gasteiger partial charge in [0.2, 0.25) is 5.91 Å². The fraction of sp³-hybridized carbons (Fsp3) is 0.238. The summed E-state index contributed by atoms with van der Waals surface area (Å²) in [4.78, 5) is 25.2. The second-order valence-corrected chi connectivity index (χ2v) is 14.7. The number of aliphatic hydroxyl groups is 1. The number of phenols is 1. The van der Waals surface area contributed by atoms with Crippen molar-refractivity contribution in [2.24, 2.45) is 0 Å². The van der Waals surface area contributed by atoms with Crippen LogP contribution in [0.5, 0.6) is 17.2 Å². The molecule has 0 radical (unpaired) electrons. The van der Waals surface area contributed by atoms with Crippen molar-refractivity contribution >= 4 is 91.3 Å². The van der Waals surface area contributed by atoms with Gasteiger partial charge in [-0.3, -0.25) is 9.59 Å². The Morgan fingerprint density at radius 1 is 0.800 bits per heavy atom. The third kappa shape index (κ3) is 8.56. The van der Waals surface area contributed by atoms with Crippen LogP contribution in [0.25, 0.3) is 21.8 Å². The summed E-state index contributed by atoms with van der Waals surface area (Å²) in [5.41, 5.74) is 8.50. The zero-order valence-corrected chi connectivity index (χ0v) is 34.6. The van der Waals surface area contributed by atoms with E-state index in [2.05, 4.69) is 5.32 Å². The van der Waals surface area contributed by atoms with Crippen molar-refractivity contribution in [1.82, 2.24) is 14.5 Å². The number of ether oxygens (including phenoxy) is 2. The summed E-state index contributed by atoms with van der Waals surface area (Å²) in [5, 5.41) is 24.1. The molecule has 0 spiro atoms. The number of carbonyl (C=O) groups is 2. The highest BCUT2D eigenvalue weighted by Gasteiger charge is 2.25. The number of halogens is 2. The molecule has 0 bridgehead atoms. The van der Waals surface area contributed by atoms with Crippen molar-refractivity contribution in [3.8, 4) is 17.2 Å². The summed E-state index contributed by atoms with van der Waals surface area (Å²) >= 11 is 24.1. The number of phenolic OH excluding ortho intramolecular Hbond substituents is 1. The number of methoxy groups -OCH3 is 1. The van der Waals surface area contributed by atoms with Crippen LogP contribution in [0.3, 0.4) is 0 Å². The molecule has 0 unspecified atom stereocenters. The quantitative estimate of drug-likeness (QED) is 0.103. The van der Waals surface area contributed by atoms with Crippen LogP contribution < -0.4 is 14.8 Å². The number of thiocarbonyl (C=S) groups is 2. The van der Waals surface area contributed by atoms with Crippen molar-refractivity contribution in [2.45, 2.75) is 48.0 Å². The first-order chi connectivity index (χ1) is 26.1. The summed E-state index contributed by atoms with van der Waals surface area (Å²) in [6, 6.07) is 21.2. The number of aliphatic hydroxyl groups excluding tert-OH is 1. The number of esters is 1. The molecule has 4 aromatic carbocycles. The molecule has 0 aliphatic carbocycles. The van der Waals surface area contributed by atoms with Crippen LogP contribution in [0, 0.1) is 34.6 Å². The molecule has 0 atom stereocenters. The van der Waals surface area contributed by atoms with E-state index in [9.17, 15) is 14.7 Å². The molecular weight excluding hydrogens is 778 g/mol. The van der Waals surface area contributed by atoms with Gasteiger partial charge in [0.15, 0.2) is 5.75 Å². The largest absolute Gasteiger partial charge is 0.506 e. The Hall–Kier alpha value is -4.78. The van der Waals surface area contributed by atoms with Crippen LogP contribution in [0.2, 0.25) is 10.0 Å². The molecule has 286 valence electrons. The number of nitrogens with zero attached hydrogens (tertiary/aromatic N) is 2. The molecule has 6 rings (SSSR count). The van der Waals surface area contributed by atoms with E-state index in [1.165, 1.54) is 6.92 Å². The number of aryl methyl sites for hydroxylation is 3. The third-order valence-corrected chi connectivity index (χ3v) is 10.7. The summed E-state index contributed by atoms with van der Waals surface area (Å²) < 4.78 is 14.6. The Morgan fingerprint density at radius 3 is 1.84 bits per heavy atom. The highest BCUT2D eigenvalue weighted by atomic mass is 35.5. The van der Waals surface area contributed by atoms with Gasteiger partial charge in [-0.05, 0) is 58.4 Å². The van der Waals surface area contributed by atoms with Gasteiger partial charge in [0.05, 0.1) is 46.9 Å². The van der Waals surface area contributed by atoms with Gasteiger partial charge in [0.1, 0.15) is 21.5 Å². The topological polar surface area (TPSA) is 115 Å². The standard InChI is InChI=1S/C22H23ClN2O3S.C20H18ClNO3S/c1-13-4-6-15(7-5-13)22(29)25-14(2)16(11-21(27)24-8-9-26)17-10-20(28-3)18(23)12-19(17)25;1-10-5-7-14(8-6-10)20(26)22-12(3)19(25-13(4)23)17-11(2)18(24)15(21)9-16(17)22/h4-7,10,12,26H,8-9,11H2,1-3H3,(H,24,27);5-9,24H,1-4H3. The molecule has 0 saturated heterocycles. The zero-order chi connectivity index (χ0) is 40.3. The maximum atomic E-state index is 12.4. The number of amides is 1. The minimum atomic E-state index is -0.442. The lowest BCUT2D eigenvalue weighted by Crippen LogP contribution is -2.28. The Kier molecular flexibility index (Phi) is 13.1. The SMILES string of the molecule is CC(=O)Oc1c(C)n(C(=S)c2ccc(C)cc2)c2cc(Cl)c(O)c(C)c12.COc1cc2c(CC(=O)NCCO)c(C)n(C(=S)c3ccc(C)cc3)c2cc1Cl. The van der Waals surface area contributed by atoms with Gasteiger partial charge in [-0.25, -0.2) is 0 Å². The maximum absolute atomic E-state index is 12.4. The van der Waals surface area contributed by atoms with E-state index in [4.69, 9.17) is 62.2 Å². The number of carbonyl (C=O) groups excluding carboxylic acids is 2. The smallest absolute Gasteiger partial charge is 0.308 e. The molecule has 0 aliphatic heterocycles. The third-order valence-electron chi connectivity index (χ3n) is 9.24. The molecule has 9 nitrogen and oxygen atoms in total. The number of nitrogens with one attached hydrogen (secondary N) is 1. The number of hydrogen-bond donors (Lipinski definition) is 3. The number of fused-ring (bicyclic) bond motifs is 2. The van der Waals surface area contributed by atoms with E-state index in [1.54, 1.807) is 20.1 Å². The maximum Gasteiger partial charge on any atom is 0.308 e. The molecule has 0 fully saturated rings. The van der Waals surface area contributed by atoms with Crippen LogP contribution >= 0.6 is 47.6 Å². The second-order valence-electron chi connectivity index (χ2n) is 13.1. The fourth-order valence-corrected chi connectivity index (χ4v) is 7.62. The first-order valence-corrected chi connectivity index (χ1v) is 18.9. The predicted octanol–water partition coefficient (Wildman–Crippen LogP) is 8.87. The van der Waals surface area contributed by atoms with Gasteiger partial charge >= 0.3 is 5.97 Å². The average Bonchev–Trinajstić information content (AvgIpc) is 3.56. The molecular formula is C42H41Cl2N3O6S2. The second kappa shape index (κ2) is 17.3. The molecule has 2 heterocycles. The van der Waals surface area contributed by atoms with Crippen molar-refractivity contribution < 1.29 is 29.3 Å². The fourth-order valence-electron chi connectivity index (χ4n) is 6.40. The van der Waals surface area contributed by atoms with Gasteiger partial charge in [0, 0.05) is 46.6 Å². The van der Waals surface area contributed by atoms with Crippen molar-refractivity contribution in [3.05, 3.63) is 122 Å². The summed E-state index contributed by atoms with van der Waals surface area (Å²) in [6.45, 7) is 11.0. The highest BCUT2D eigenvalue weighted by Crippen LogP contribution is 2.42. The first kappa shape index (κ1) is 41.4. The summed E-state index contributed by atoms with van der Waals surface area (Å²) in [7, 11) is 1.56. The van der Waals surface area contributed by atoms with Crippen molar-refractivity contribution in [3.63, 3.8) is 0 Å². The molecule has 13 heteroatoms. The van der Waals surface area contributed by atoms with Crippen LogP contribution in [0.1, 0.15) is 51.7 Å². The first-order valence-electron chi connectivity index (χ1n) is 17.3. The number of aromatic hydroxyl groups is 1. The van der Waals surface area contributed by atoms with Gasteiger partial charge in [-0.2, -0.15) is 0 Å². The minimum Gasteiger partial charge on any atom is -0.506 e. The van der Waals surface area contributed by atoms with E-state index in [-0.39, 0.29) is 36.3 Å². The number of benzene rings is 4. The minimum absolute atomic E-state index is 0.0361. The molecule has 1 amide bonds. The summed E-state index contributed by atoms with van der Waals surface area (Å²) in [5.74, 6) is 0.269. The highest BCUT2D eigenvalue weighted by molar-refractivity contribution is 7.81. The molecule has 0 aliphatic rings. The normalized spacial score (nSPS) is 10.9. The van der Waals surface area contributed by atoms with Crippen LogP contribution in [0.15, 0.2) is 66.7 Å². The Morgan fingerprint density at radius 2 is 1.33 bits per heavy atom. The molecule has 0 saturated carbocycles. The van der Waals surface area contributed by atoms with E-state index in [0.717, 1.165) is 44.4 Å².